The van der Waals surface area contributed by atoms with Gasteiger partial charge in [-0.15, -0.1) is 10.2 Å². The summed E-state index contributed by atoms with van der Waals surface area (Å²) in [4.78, 5) is 15.3. The number of fused-ring (bicyclic) bond motifs is 3. The number of aryl methyl sites for hydroxylation is 2. The van der Waals surface area contributed by atoms with Gasteiger partial charge in [0.1, 0.15) is 0 Å². The first-order valence-electron chi connectivity index (χ1n) is 11.1. The van der Waals surface area contributed by atoms with Crippen molar-refractivity contribution in [1.82, 2.24) is 24.1 Å². The van der Waals surface area contributed by atoms with E-state index < -0.39 is 0 Å². The molecule has 2 aromatic carbocycles. The zero-order valence-corrected chi connectivity index (χ0v) is 18.7. The summed E-state index contributed by atoms with van der Waals surface area (Å²) in [6.07, 6.45) is 2.44. The lowest BCUT2D eigenvalue weighted by atomic mass is 10.0. The Labute approximate surface area is 182 Å². The van der Waals surface area contributed by atoms with Crippen LogP contribution in [0.1, 0.15) is 55.1 Å². The van der Waals surface area contributed by atoms with E-state index in [1.165, 1.54) is 24.0 Å². The Morgan fingerprint density at radius 1 is 1.06 bits per heavy atom. The lowest BCUT2D eigenvalue weighted by Crippen LogP contribution is -2.27. The van der Waals surface area contributed by atoms with Crippen molar-refractivity contribution in [2.45, 2.75) is 58.7 Å². The van der Waals surface area contributed by atoms with Crippen molar-refractivity contribution < 1.29 is 0 Å². The Hall–Kier alpha value is -2.99. The number of hydrogen-bond donors (Lipinski definition) is 0. The Morgan fingerprint density at radius 2 is 1.81 bits per heavy atom. The molecule has 2 aromatic heterocycles. The van der Waals surface area contributed by atoms with Crippen molar-refractivity contribution in [3.8, 4) is 0 Å². The van der Waals surface area contributed by atoms with E-state index in [0.29, 0.717) is 29.7 Å². The van der Waals surface area contributed by atoms with Crippen LogP contribution in [0.2, 0.25) is 0 Å². The Bertz CT molecular complexity index is 1310. The zero-order chi connectivity index (χ0) is 21.7. The van der Waals surface area contributed by atoms with E-state index in [2.05, 4.69) is 53.2 Å². The average Bonchev–Trinajstić information content (AvgIpc) is 3.52. The maximum Gasteiger partial charge on any atom is 0.262 e. The molecule has 31 heavy (non-hydrogen) atoms. The second-order valence-corrected chi connectivity index (χ2v) is 9.17. The highest BCUT2D eigenvalue weighted by Crippen LogP contribution is 2.30. The van der Waals surface area contributed by atoms with Crippen molar-refractivity contribution in [1.29, 1.82) is 0 Å². The van der Waals surface area contributed by atoms with Gasteiger partial charge in [-0.1, -0.05) is 49.7 Å². The molecule has 2 heterocycles. The normalized spacial score (nSPS) is 14.4. The second kappa shape index (κ2) is 7.61. The van der Waals surface area contributed by atoms with Crippen molar-refractivity contribution in [2.24, 2.45) is 7.05 Å². The molecule has 1 fully saturated rings. The van der Waals surface area contributed by atoms with Crippen molar-refractivity contribution in [3.05, 3.63) is 75.3 Å². The van der Waals surface area contributed by atoms with Gasteiger partial charge < -0.3 is 0 Å². The van der Waals surface area contributed by atoms with Crippen LogP contribution in [0.15, 0.2) is 47.3 Å². The Kier molecular flexibility index (Phi) is 4.89. The molecule has 0 radical (unpaired) electrons. The Morgan fingerprint density at radius 3 is 2.48 bits per heavy atom. The van der Waals surface area contributed by atoms with Gasteiger partial charge in [-0.2, -0.15) is 0 Å². The molecule has 0 aliphatic heterocycles. The van der Waals surface area contributed by atoms with Crippen LogP contribution in [-0.4, -0.2) is 30.1 Å². The molecule has 4 aromatic rings. The van der Waals surface area contributed by atoms with Crippen LogP contribution in [0.4, 0.5) is 0 Å². The van der Waals surface area contributed by atoms with Gasteiger partial charge in [-0.25, -0.2) is 0 Å². The first-order chi connectivity index (χ1) is 14.9. The predicted molar refractivity (Wildman–Crippen MR) is 123 cm³/mol. The number of aromatic nitrogens is 4. The highest BCUT2D eigenvalue weighted by molar-refractivity contribution is 5.81. The molecule has 0 amide bonds. The van der Waals surface area contributed by atoms with Crippen LogP contribution in [0.5, 0.6) is 0 Å². The maximum absolute atomic E-state index is 12.8. The fourth-order valence-corrected chi connectivity index (χ4v) is 4.34. The minimum Gasteiger partial charge on any atom is -0.289 e. The second-order valence-electron chi connectivity index (χ2n) is 9.17. The molecule has 160 valence electrons. The highest BCUT2D eigenvalue weighted by atomic mass is 16.1. The molecule has 0 atom stereocenters. The van der Waals surface area contributed by atoms with Crippen LogP contribution >= 0.6 is 0 Å². The fraction of sp³-hybridized carbons (Fsp3) is 0.400. The minimum atomic E-state index is -0.0329. The third-order valence-electron chi connectivity index (χ3n) is 6.38. The van der Waals surface area contributed by atoms with Crippen LogP contribution in [0.25, 0.3) is 16.7 Å². The third-order valence-corrected chi connectivity index (χ3v) is 6.38. The molecule has 0 bridgehead atoms. The summed E-state index contributed by atoms with van der Waals surface area (Å²) in [7, 11) is 1.77. The molecule has 1 aliphatic rings. The van der Waals surface area contributed by atoms with Gasteiger partial charge >= 0.3 is 0 Å². The van der Waals surface area contributed by atoms with Crippen molar-refractivity contribution in [3.63, 3.8) is 0 Å². The molecular formula is C25H29N5O. The van der Waals surface area contributed by atoms with Crippen LogP contribution in [0.3, 0.4) is 0 Å². The number of benzene rings is 2. The molecular weight excluding hydrogens is 386 g/mol. The minimum absolute atomic E-state index is 0.0329. The smallest absolute Gasteiger partial charge is 0.262 e. The first kappa shape index (κ1) is 19.9. The Balaban J connectivity index is 1.52. The van der Waals surface area contributed by atoms with Gasteiger partial charge in [0.2, 0.25) is 5.78 Å². The number of rotatable bonds is 6. The standard InChI is InChI=1S/C25H29N5O/c1-16(2)19-8-6-18(7-9-19)14-29(20-10-11-20)15-23-26-27-25-28(4)24(31)21-13-17(3)5-12-22(21)30(23)25/h5-9,12-13,16,20H,10-11,14-15H2,1-4H3. The third kappa shape index (κ3) is 3.65. The van der Waals surface area contributed by atoms with E-state index in [1.807, 2.05) is 29.5 Å². The lowest BCUT2D eigenvalue weighted by molar-refractivity contribution is 0.239. The number of nitrogens with zero attached hydrogens (tertiary/aromatic N) is 5. The fourth-order valence-electron chi connectivity index (χ4n) is 4.34. The number of hydrogen-bond acceptors (Lipinski definition) is 4. The van der Waals surface area contributed by atoms with Gasteiger partial charge in [0, 0.05) is 19.6 Å². The summed E-state index contributed by atoms with van der Waals surface area (Å²) >= 11 is 0. The summed E-state index contributed by atoms with van der Waals surface area (Å²) in [6.45, 7) is 8.05. The SMILES string of the molecule is Cc1ccc2c(c1)c(=O)n(C)c1nnc(CN(Cc3ccc(C(C)C)cc3)C3CC3)n21. The molecule has 0 unspecified atom stereocenters. The van der Waals surface area contributed by atoms with Gasteiger partial charge in [0.05, 0.1) is 17.4 Å². The maximum atomic E-state index is 12.8. The van der Waals surface area contributed by atoms with Crippen LogP contribution in [-0.2, 0) is 20.1 Å². The largest absolute Gasteiger partial charge is 0.289 e. The summed E-state index contributed by atoms with van der Waals surface area (Å²) in [5, 5.41) is 9.59. The summed E-state index contributed by atoms with van der Waals surface area (Å²) in [5.41, 5.74) is 4.60. The topological polar surface area (TPSA) is 55.4 Å². The summed E-state index contributed by atoms with van der Waals surface area (Å²) < 4.78 is 3.65. The molecule has 1 aliphatic carbocycles. The highest BCUT2D eigenvalue weighted by Gasteiger charge is 2.30. The zero-order valence-electron chi connectivity index (χ0n) is 18.7. The van der Waals surface area contributed by atoms with Crippen molar-refractivity contribution >= 4 is 16.7 Å². The van der Waals surface area contributed by atoms with E-state index in [9.17, 15) is 4.79 Å². The molecule has 0 N–H and O–H groups in total. The van der Waals surface area contributed by atoms with Crippen LogP contribution < -0.4 is 5.56 Å². The molecule has 0 saturated heterocycles. The lowest BCUT2D eigenvalue weighted by Gasteiger charge is -2.22. The summed E-state index contributed by atoms with van der Waals surface area (Å²) in [5.74, 6) is 2.01. The molecule has 0 spiro atoms. The average molecular weight is 416 g/mol. The van der Waals surface area contributed by atoms with Crippen molar-refractivity contribution in [2.75, 3.05) is 0 Å². The molecule has 6 heteroatoms. The quantitative estimate of drug-likeness (QED) is 0.474. The monoisotopic (exact) mass is 415 g/mol. The van der Waals surface area contributed by atoms with Gasteiger partial charge in [-0.05, 0) is 48.9 Å². The predicted octanol–water partition coefficient (Wildman–Crippen LogP) is 4.18. The molecule has 1 saturated carbocycles. The van der Waals surface area contributed by atoms with E-state index >= 15 is 0 Å². The van der Waals surface area contributed by atoms with E-state index in [0.717, 1.165) is 23.4 Å². The molecule has 6 nitrogen and oxygen atoms in total. The van der Waals surface area contributed by atoms with E-state index in [-0.39, 0.29) is 5.56 Å². The van der Waals surface area contributed by atoms with E-state index in [1.54, 1.807) is 11.6 Å². The van der Waals surface area contributed by atoms with Gasteiger partial charge in [0.15, 0.2) is 5.82 Å². The van der Waals surface area contributed by atoms with Gasteiger partial charge in [0.25, 0.3) is 5.56 Å². The summed E-state index contributed by atoms with van der Waals surface area (Å²) in [6, 6.07) is 15.6. The van der Waals surface area contributed by atoms with Gasteiger partial charge in [-0.3, -0.25) is 18.7 Å². The van der Waals surface area contributed by atoms with Crippen LogP contribution in [0, 0.1) is 6.92 Å². The first-order valence-corrected chi connectivity index (χ1v) is 11.1. The molecule has 5 rings (SSSR count). The van der Waals surface area contributed by atoms with E-state index in [4.69, 9.17) is 0 Å².